The average Bonchev–Trinajstić information content (AvgIpc) is 2.60. The fourth-order valence-electron chi connectivity index (χ4n) is 2.46. The molecule has 2 aromatic rings. The predicted molar refractivity (Wildman–Crippen MR) is 104 cm³/mol. The van der Waals surface area contributed by atoms with Gasteiger partial charge in [-0.2, -0.15) is 0 Å². The van der Waals surface area contributed by atoms with E-state index in [1.807, 2.05) is 24.3 Å². The molecule has 0 aliphatic rings. The number of aromatic carboxylic acids is 1. The monoisotopic (exact) mass is 371 g/mol. The summed E-state index contributed by atoms with van der Waals surface area (Å²) in [4.78, 5) is 22.8. The fraction of sp³-hybridized carbons (Fsp3) is 0.333. The molecule has 0 unspecified atom stereocenters. The molecule has 0 spiro atoms. The van der Waals surface area contributed by atoms with Crippen molar-refractivity contribution in [2.45, 2.75) is 39.0 Å². The Hall–Kier alpha value is -3.02. The van der Waals surface area contributed by atoms with Gasteiger partial charge in [0.05, 0.1) is 17.9 Å². The Morgan fingerprint density at radius 2 is 1.74 bits per heavy atom. The first-order valence-electron chi connectivity index (χ1n) is 8.76. The van der Waals surface area contributed by atoms with Crippen molar-refractivity contribution in [3.8, 4) is 11.5 Å². The average molecular weight is 371 g/mol. The Balaban J connectivity index is 1.77. The number of phenols is 1. The van der Waals surface area contributed by atoms with Gasteiger partial charge in [-0.15, -0.1) is 0 Å². The summed E-state index contributed by atoms with van der Waals surface area (Å²) in [5.41, 5.74) is 1.45. The van der Waals surface area contributed by atoms with Gasteiger partial charge in [0.1, 0.15) is 11.5 Å². The lowest BCUT2D eigenvalue weighted by Crippen LogP contribution is -2.13. The van der Waals surface area contributed by atoms with Gasteiger partial charge in [0, 0.05) is 6.42 Å². The van der Waals surface area contributed by atoms with E-state index in [2.05, 4.69) is 26.1 Å². The number of hydrogen-bond acceptors (Lipinski definition) is 4. The number of amides is 1. The highest BCUT2D eigenvalue weighted by Crippen LogP contribution is 2.25. The predicted octanol–water partition coefficient (Wildman–Crippen LogP) is 4.19. The van der Waals surface area contributed by atoms with Gasteiger partial charge < -0.3 is 20.3 Å². The molecule has 2 aromatic carbocycles. The van der Waals surface area contributed by atoms with Gasteiger partial charge in [0.25, 0.3) is 0 Å². The van der Waals surface area contributed by atoms with Gasteiger partial charge in [-0.05, 0) is 47.7 Å². The van der Waals surface area contributed by atoms with Crippen molar-refractivity contribution >= 4 is 17.6 Å². The molecule has 0 aromatic heterocycles. The number of aromatic hydroxyl groups is 1. The van der Waals surface area contributed by atoms with Crippen LogP contribution in [0.2, 0.25) is 0 Å². The number of carbonyl (C=O) groups is 2. The summed E-state index contributed by atoms with van der Waals surface area (Å²) in [6.07, 6.45) is 0.737. The summed E-state index contributed by atoms with van der Waals surface area (Å²) in [6, 6.07) is 11.7. The van der Waals surface area contributed by atoms with Crippen LogP contribution in [0.15, 0.2) is 42.5 Å². The van der Waals surface area contributed by atoms with Crippen LogP contribution in [-0.2, 0) is 10.2 Å². The van der Waals surface area contributed by atoms with Crippen molar-refractivity contribution in [3.05, 3.63) is 53.6 Å². The van der Waals surface area contributed by atoms with E-state index in [1.165, 1.54) is 17.7 Å². The molecule has 3 N–H and O–H groups in total. The first-order valence-corrected chi connectivity index (χ1v) is 8.76. The lowest BCUT2D eigenvalue weighted by Gasteiger charge is -2.19. The van der Waals surface area contributed by atoms with Crippen molar-refractivity contribution in [2.24, 2.45) is 0 Å². The molecular weight excluding hydrogens is 346 g/mol. The maximum absolute atomic E-state index is 12.0. The number of anilines is 1. The van der Waals surface area contributed by atoms with Gasteiger partial charge in [-0.3, -0.25) is 4.79 Å². The van der Waals surface area contributed by atoms with Gasteiger partial charge in [-0.25, -0.2) is 4.79 Å². The third-order valence-electron chi connectivity index (χ3n) is 4.06. The molecule has 0 atom stereocenters. The van der Waals surface area contributed by atoms with Crippen LogP contribution in [0.25, 0.3) is 0 Å². The zero-order valence-electron chi connectivity index (χ0n) is 15.8. The Bertz CT molecular complexity index is 806. The van der Waals surface area contributed by atoms with Crippen molar-refractivity contribution in [1.29, 1.82) is 0 Å². The van der Waals surface area contributed by atoms with Gasteiger partial charge in [-0.1, -0.05) is 32.9 Å². The lowest BCUT2D eigenvalue weighted by atomic mass is 9.87. The van der Waals surface area contributed by atoms with E-state index in [0.717, 1.165) is 11.8 Å². The number of nitrogens with one attached hydrogen (secondary N) is 1. The minimum Gasteiger partial charge on any atom is -0.506 e. The molecule has 144 valence electrons. The molecule has 0 saturated heterocycles. The van der Waals surface area contributed by atoms with E-state index in [-0.39, 0.29) is 34.7 Å². The van der Waals surface area contributed by atoms with Gasteiger partial charge in [0.15, 0.2) is 0 Å². The van der Waals surface area contributed by atoms with E-state index in [0.29, 0.717) is 13.0 Å². The molecule has 0 bridgehead atoms. The molecule has 0 aliphatic carbocycles. The third kappa shape index (κ3) is 6.02. The second kappa shape index (κ2) is 8.58. The second-order valence-corrected chi connectivity index (χ2v) is 7.31. The van der Waals surface area contributed by atoms with Crippen LogP contribution in [0.1, 0.15) is 49.5 Å². The van der Waals surface area contributed by atoms with E-state index in [4.69, 9.17) is 9.84 Å². The summed E-state index contributed by atoms with van der Waals surface area (Å²) >= 11 is 0. The Morgan fingerprint density at radius 1 is 1.07 bits per heavy atom. The fourth-order valence-corrected chi connectivity index (χ4v) is 2.46. The molecule has 6 nitrogen and oxygen atoms in total. The number of benzene rings is 2. The maximum Gasteiger partial charge on any atom is 0.335 e. The van der Waals surface area contributed by atoms with Crippen molar-refractivity contribution < 1.29 is 24.5 Å². The molecule has 6 heteroatoms. The van der Waals surface area contributed by atoms with Crippen LogP contribution in [0.3, 0.4) is 0 Å². The van der Waals surface area contributed by atoms with E-state index >= 15 is 0 Å². The number of phenolic OH excluding ortho intramolecular Hbond substituents is 1. The first kappa shape index (κ1) is 20.3. The summed E-state index contributed by atoms with van der Waals surface area (Å²) in [5, 5.41) is 21.2. The number of carbonyl (C=O) groups excluding carboxylic acids is 1. The van der Waals surface area contributed by atoms with Crippen molar-refractivity contribution in [3.63, 3.8) is 0 Å². The molecule has 0 radical (unpaired) electrons. The molecule has 0 aliphatic heterocycles. The highest BCUT2D eigenvalue weighted by Gasteiger charge is 2.13. The largest absolute Gasteiger partial charge is 0.506 e. The number of carboxylic acids is 1. The first-order chi connectivity index (χ1) is 12.7. The number of carboxylic acid groups (broad SMARTS) is 1. The number of hydrogen-bond donors (Lipinski definition) is 3. The standard InChI is InChI=1S/C21H25NO5/c1-21(2,3)15-7-9-16(10-8-15)27-12-4-5-19(24)22-17-11-6-14(20(25)26)13-18(17)23/h6-11,13,23H,4-5,12H2,1-3H3,(H,22,24)(H,25,26). The van der Waals surface area contributed by atoms with Crippen LogP contribution < -0.4 is 10.1 Å². The molecular formula is C21H25NO5. The van der Waals surface area contributed by atoms with Crippen LogP contribution in [0, 0.1) is 0 Å². The number of ether oxygens (including phenoxy) is 1. The van der Waals surface area contributed by atoms with Crippen molar-refractivity contribution in [2.75, 3.05) is 11.9 Å². The summed E-state index contributed by atoms with van der Waals surface area (Å²) in [5.74, 6) is -0.945. The van der Waals surface area contributed by atoms with Crippen LogP contribution in [0.4, 0.5) is 5.69 Å². The summed E-state index contributed by atoms with van der Waals surface area (Å²) in [6.45, 7) is 6.84. The molecule has 27 heavy (non-hydrogen) atoms. The van der Waals surface area contributed by atoms with Crippen LogP contribution >= 0.6 is 0 Å². The Morgan fingerprint density at radius 3 is 2.30 bits per heavy atom. The number of rotatable bonds is 7. The zero-order valence-corrected chi connectivity index (χ0v) is 15.8. The normalized spacial score (nSPS) is 11.1. The smallest absolute Gasteiger partial charge is 0.335 e. The van der Waals surface area contributed by atoms with E-state index in [1.54, 1.807) is 0 Å². The SMILES string of the molecule is CC(C)(C)c1ccc(OCCCC(=O)Nc2ccc(C(=O)O)cc2O)cc1. The highest BCUT2D eigenvalue weighted by atomic mass is 16.5. The molecule has 0 heterocycles. The van der Waals surface area contributed by atoms with Crippen LogP contribution in [0.5, 0.6) is 11.5 Å². The van der Waals surface area contributed by atoms with Crippen LogP contribution in [-0.4, -0.2) is 28.7 Å². The minimum atomic E-state index is -1.14. The van der Waals surface area contributed by atoms with E-state index in [9.17, 15) is 14.7 Å². The molecule has 0 fully saturated rings. The summed E-state index contributed by atoms with van der Waals surface area (Å²) in [7, 11) is 0. The van der Waals surface area contributed by atoms with Gasteiger partial charge in [0.2, 0.25) is 5.91 Å². The highest BCUT2D eigenvalue weighted by molar-refractivity contribution is 5.94. The zero-order chi connectivity index (χ0) is 20.0. The Kier molecular flexibility index (Phi) is 6.45. The van der Waals surface area contributed by atoms with Gasteiger partial charge >= 0.3 is 5.97 Å². The Labute approximate surface area is 158 Å². The molecule has 0 saturated carbocycles. The maximum atomic E-state index is 12.0. The lowest BCUT2D eigenvalue weighted by molar-refractivity contribution is -0.116. The topological polar surface area (TPSA) is 95.9 Å². The molecule has 1 amide bonds. The van der Waals surface area contributed by atoms with E-state index < -0.39 is 5.97 Å². The second-order valence-electron chi connectivity index (χ2n) is 7.31. The third-order valence-corrected chi connectivity index (χ3v) is 4.06. The minimum absolute atomic E-state index is 0.0450. The van der Waals surface area contributed by atoms with Crippen molar-refractivity contribution in [1.82, 2.24) is 0 Å². The summed E-state index contributed by atoms with van der Waals surface area (Å²) < 4.78 is 5.65. The quantitative estimate of drug-likeness (QED) is 0.501. The molecule has 2 rings (SSSR count).